The van der Waals surface area contributed by atoms with Crippen LogP contribution in [0.1, 0.15) is 11.1 Å². The van der Waals surface area contributed by atoms with Crippen LogP contribution >= 0.6 is 0 Å². The zero-order chi connectivity index (χ0) is 17.1. The second-order valence-electron chi connectivity index (χ2n) is 4.66. The molecule has 7 heteroatoms. The average molecular weight is 330 g/mol. The molecule has 2 aromatic carbocycles. The van der Waals surface area contributed by atoms with Gasteiger partial charge in [-0.25, -0.2) is 13.6 Å². The maximum Gasteiger partial charge on any atom is 0.490 e. The van der Waals surface area contributed by atoms with E-state index in [2.05, 4.69) is 4.74 Å². The summed E-state index contributed by atoms with van der Waals surface area (Å²) in [6, 6.07) is 13.2. The molecule has 0 N–H and O–H groups in total. The van der Waals surface area contributed by atoms with Crippen LogP contribution in [-0.2, 0) is 15.1 Å². The van der Waals surface area contributed by atoms with Gasteiger partial charge in [0.15, 0.2) is 0 Å². The number of hydrogen-bond acceptors (Lipinski definition) is 2. The van der Waals surface area contributed by atoms with Crippen molar-refractivity contribution in [3.05, 3.63) is 71.8 Å². The minimum atomic E-state index is -5.39. The number of alkyl halides is 5. The van der Waals surface area contributed by atoms with E-state index < -0.39 is 24.2 Å². The van der Waals surface area contributed by atoms with E-state index in [1.807, 2.05) is 0 Å². The molecule has 0 atom stereocenters. The van der Waals surface area contributed by atoms with Gasteiger partial charge in [-0.05, 0) is 0 Å². The number of rotatable bonds is 4. The van der Waals surface area contributed by atoms with Gasteiger partial charge in [0.05, 0.1) is 0 Å². The lowest BCUT2D eigenvalue weighted by Gasteiger charge is -2.33. The molecule has 0 unspecified atom stereocenters. The van der Waals surface area contributed by atoms with Gasteiger partial charge in [-0.15, -0.1) is 0 Å². The summed E-state index contributed by atoms with van der Waals surface area (Å²) >= 11 is 0. The van der Waals surface area contributed by atoms with Crippen LogP contribution in [0.25, 0.3) is 0 Å². The summed E-state index contributed by atoms with van der Waals surface area (Å²) < 4.78 is 69.6. The number of hydrogen-bond donors (Lipinski definition) is 0. The van der Waals surface area contributed by atoms with Crippen LogP contribution in [-0.4, -0.2) is 18.6 Å². The molecule has 0 aliphatic rings. The SMILES string of the molecule is O=C(OC(c1ccccc1)(c1ccccc1)C(F)F)C(F)(F)F. The third kappa shape index (κ3) is 3.33. The van der Waals surface area contributed by atoms with Gasteiger partial charge >= 0.3 is 12.1 Å². The Morgan fingerprint density at radius 1 is 0.826 bits per heavy atom. The fourth-order valence-corrected chi connectivity index (χ4v) is 2.16. The van der Waals surface area contributed by atoms with E-state index in [1.54, 1.807) is 0 Å². The lowest BCUT2D eigenvalue weighted by atomic mass is 9.86. The third-order valence-corrected chi connectivity index (χ3v) is 3.20. The topological polar surface area (TPSA) is 26.3 Å². The average Bonchev–Trinajstić information content (AvgIpc) is 2.52. The molecule has 23 heavy (non-hydrogen) atoms. The molecule has 0 aliphatic carbocycles. The molecule has 0 saturated heterocycles. The number of esters is 1. The summed E-state index contributed by atoms with van der Waals surface area (Å²) in [6.07, 6.45) is -8.79. The van der Waals surface area contributed by atoms with Gasteiger partial charge in [0.1, 0.15) is 0 Å². The zero-order valence-corrected chi connectivity index (χ0v) is 11.6. The van der Waals surface area contributed by atoms with Crippen molar-refractivity contribution in [2.75, 3.05) is 0 Å². The first-order chi connectivity index (χ1) is 10.8. The van der Waals surface area contributed by atoms with Crippen LogP contribution in [0.15, 0.2) is 60.7 Å². The quantitative estimate of drug-likeness (QED) is 0.617. The van der Waals surface area contributed by atoms with E-state index in [9.17, 15) is 26.7 Å². The zero-order valence-electron chi connectivity index (χ0n) is 11.6. The number of halogens is 5. The van der Waals surface area contributed by atoms with Gasteiger partial charge in [-0.2, -0.15) is 13.2 Å². The highest BCUT2D eigenvalue weighted by Crippen LogP contribution is 2.41. The van der Waals surface area contributed by atoms with Crippen molar-refractivity contribution in [1.82, 2.24) is 0 Å². The fourth-order valence-electron chi connectivity index (χ4n) is 2.16. The minimum Gasteiger partial charge on any atom is -0.436 e. The summed E-state index contributed by atoms with van der Waals surface area (Å²) in [5, 5.41) is 0. The molecule has 0 bridgehead atoms. The Kier molecular flexibility index (Phi) is 4.68. The summed E-state index contributed by atoms with van der Waals surface area (Å²) in [5.74, 6) is -2.68. The van der Waals surface area contributed by atoms with Crippen LogP contribution in [0.4, 0.5) is 22.0 Å². The fraction of sp³-hybridized carbons (Fsp3) is 0.188. The van der Waals surface area contributed by atoms with Crippen molar-refractivity contribution >= 4 is 5.97 Å². The van der Waals surface area contributed by atoms with E-state index in [-0.39, 0.29) is 11.1 Å². The van der Waals surface area contributed by atoms with Crippen LogP contribution in [0.3, 0.4) is 0 Å². The summed E-state index contributed by atoms with van der Waals surface area (Å²) in [7, 11) is 0. The van der Waals surface area contributed by atoms with Crippen LogP contribution in [0, 0.1) is 0 Å². The maximum absolute atomic E-state index is 13.8. The van der Waals surface area contributed by atoms with Crippen molar-refractivity contribution in [3.63, 3.8) is 0 Å². The highest BCUT2D eigenvalue weighted by molar-refractivity contribution is 5.76. The van der Waals surface area contributed by atoms with Gasteiger partial charge < -0.3 is 4.74 Å². The molecule has 0 spiro atoms. The van der Waals surface area contributed by atoms with Gasteiger partial charge in [-0.3, -0.25) is 0 Å². The molecule has 0 fully saturated rings. The molecule has 0 aromatic heterocycles. The molecule has 2 rings (SSSR count). The molecule has 0 heterocycles. The Balaban J connectivity index is 2.64. The minimum absolute atomic E-state index is 0.251. The van der Waals surface area contributed by atoms with Crippen molar-refractivity contribution in [2.45, 2.75) is 18.2 Å². The van der Waals surface area contributed by atoms with Crippen molar-refractivity contribution < 1.29 is 31.5 Å². The first kappa shape index (κ1) is 16.9. The van der Waals surface area contributed by atoms with Crippen LogP contribution in [0.2, 0.25) is 0 Å². The Bertz CT molecular complexity index is 614. The Labute approximate surface area is 128 Å². The second-order valence-corrected chi connectivity index (χ2v) is 4.66. The third-order valence-electron chi connectivity index (χ3n) is 3.20. The lowest BCUT2D eigenvalue weighted by Crippen LogP contribution is -2.44. The predicted molar refractivity (Wildman–Crippen MR) is 71.8 cm³/mol. The molecule has 2 aromatic rings. The van der Waals surface area contributed by atoms with E-state index in [0.29, 0.717) is 0 Å². The lowest BCUT2D eigenvalue weighted by molar-refractivity contribution is -0.222. The number of benzene rings is 2. The molecule has 2 nitrogen and oxygen atoms in total. The first-order valence-corrected chi connectivity index (χ1v) is 6.48. The molecular formula is C16H11F5O2. The smallest absolute Gasteiger partial charge is 0.436 e. The molecule has 0 aliphatic heterocycles. The van der Waals surface area contributed by atoms with E-state index in [1.165, 1.54) is 60.7 Å². The molecule has 0 radical (unpaired) electrons. The van der Waals surface area contributed by atoms with E-state index >= 15 is 0 Å². The summed E-state index contributed by atoms with van der Waals surface area (Å²) in [4.78, 5) is 11.3. The van der Waals surface area contributed by atoms with Crippen LogP contribution in [0.5, 0.6) is 0 Å². The van der Waals surface area contributed by atoms with E-state index in [4.69, 9.17) is 0 Å². The number of carbonyl (C=O) groups excluding carboxylic acids is 1. The van der Waals surface area contributed by atoms with Crippen LogP contribution < -0.4 is 0 Å². The number of carbonyl (C=O) groups is 1. The molecular weight excluding hydrogens is 319 g/mol. The van der Waals surface area contributed by atoms with Gasteiger partial charge in [-0.1, -0.05) is 60.7 Å². The number of ether oxygens (including phenoxy) is 1. The van der Waals surface area contributed by atoms with Crippen molar-refractivity contribution in [2.24, 2.45) is 0 Å². The summed E-state index contributed by atoms with van der Waals surface area (Å²) in [5.41, 5.74) is -3.34. The standard InChI is InChI=1S/C16H11F5O2/c17-13(18)15(11-7-3-1-4-8-11,12-9-5-2-6-10-12)23-14(22)16(19,20)21/h1-10,13H. The monoisotopic (exact) mass is 330 g/mol. The molecule has 122 valence electrons. The molecule has 0 amide bonds. The Morgan fingerprint density at radius 2 is 1.22 bits per heavy atom. The summed E-state index contributed by atoms with van der Waals surface area (Å²) in [6.45, 7) is 0. The predicted octanol–water partition coefficient (Wildman–Crippen LogP) is 4.30. The normalized spacial score (nSPS) is 12.3. The van der Waals surface area contributed by atoms with Gasteiger partial charge in [0.25, 0.3) is 6.43 Å². The van der Waals surface area contributed by atoms with Crippen molar-refractivity contribution in [1.29, 1.82) is 0 Å². The second kappa shape index (κ2) is 6.36. The van der Waals surface area contributed by atoms with Gasteiger partial charge in [0.2, 0.25) is 5.60 Å². The first-order valence-electron chi connectivity index (χ1n) is 6.48. The maximum atomic E-state index is 13.8. The Morgan fingerprint density at radius 3 is 1.52 bits per heavy atom. The largest absolute Gasteiger partial charge is 0.490 e. The molecule has 0 saturated carbocycles. The van der Waals surface area contributed by atoms with E-state index in [0.717, 1.165) is 0 Å². The highest BCUT2D eigenvalue weighted by atomic mass is 19.4. The Hall–Kier alpha value is -2.44. The van der Waals surface area contributed by atoms with Crippen molar-refractivity contribution in [3.8, 4) is 0 Å². The van der Waals surface area contributed by atoms with Gasteiger partial charge in [0, 0.05) is 11.1 Å². The highest BCUT2D eigenvalue weighted by Gasteiger charge is 2.53.